The molecular weight excluding hydrogens is 244 g/mol. The molecule has 2 nitrogen and oxygen atoms in total. The van der Waals surface area contributed by atoms with Crippen molar-refractivity contribution in [3.8, 4) is 0 Å². The zero-order valence-corrected chi connectivity index (χ0v) is 12.8. The van der Waals surface area contributed by atoms with Gasteiger partial charge in [-0.1, -0.05) is 37.6 Å². The van der Waals surface area contributed by atoms with E-state index < -0.39 is 0 Å². The van der Waals surface area contributed by atoms with Crippen LogP contribution in [0, 0.1) is 5.92 Å². The number of rotatable bonds is 6. The van der Waals surface area contributed by atoms with Crippen molar-refractivity contribution in [2.75, 3.05) is 20.6 Å². The number of halogens is 1. The van der Waals surface area contributed by atoms with Crippen LogP contribution in [0.4, 0.5) is 0 Å². The van der Waals surface area contributed by atoms with Crippen LogP contribution in [0.3, 0.4) is 0 Å². The van der Waals surface area contributed by atoms with Crippen molar-refractivity contribution < 1.29 is 0 Å². The Bertz CT molecular complexity index is 355. The molecule has 1 aromatic carbocycles. The first kappa shape index (κ1) is 15.5. The Morgan fingerprint density at radius 2 is 1.89 bits per heavy atom. The molecule has 0 aromatic heterocycles. The fourth-order valence-corrected chi connectivity index (χ4v) is 2.40. The maximum absolute atomic E-state index is 6.02. The number of likely N-dealkylation sites (N-methyl/N-ethyl adjacent to an activating group) is 1. The SMILES string of the molecule is CC(NCC(C(C)C)N(C)C)c1cccc(Cl)c1. The Labute approximate surface area is 116 Å². The van der Waals surface area contributed by atoms with Crippen LogP contribution in [-0.2, 0) is 0 Å². The Hall–Kier alpha value is -0.570. The second-order valence-corrected chi connectivity index (χ2v) is 5.90. The first-order valence-electron chi connectivity index (χ1n) is 6.57. The summed E-state index contributed by atoms with van der Waals surface area (Å²) in [5, 5.41) is 4.39. The maximum atomic E-state index is 6.02. The largest absolute Gasteiger partial charge is 0.309 e. The highest BCUT2D eigenvalue weighted by atomic mass is 35.5. The predicted octanol–water partition coefficient (Wildman–Crippen LogP) is 3.58. The lowest BCUT2D eigenvalue weighted by atomic mass is 10.0. The van der Waals surface area contributed by atoms with E-state index in [1.807, 2.05) is 18.2 Å². The van der Waals surface area contributed by atoms with E-state index in [9.17, 15) is 0 Å². The zero-order chi connectivity index (χ0) is 13.7. The van der Waals surface area contributed by atoms with E-state index in [2.05, 4.69) is 51.1 Å². The van der Waals surface area contributed by atoms with E-state index in [0.29, 0.717) is 18.0 Å². The number of nitrogens with zero attached hydrogens (tertiary/aromatic N) is 1. The smallest absolute Gasteiger partial charge is 0.0409 e. The van der Waals surface area contributed by atoms with E-state index in [0.717, 1.165) is 11.6 Å². The van der Waals surface area contributed by atoms with Crippen molar-refractivity contribution in [1.82, 2.24) is 10.2 Å². The third kappa shape index (κ3) is 4.60. The lowest BCUT2D eigenvalue weighted by Gasteiger charge is -2.29. The summed E-state index contributed by atoms with van der Waals surface area (Å²) in [5.41, 5.74) is 1.24. The fourth-order valence-electron chi connectivity index (χ4n) is 2.21. The van der Waals surface area contributed by atoms with Crippen molar-refractivity contribution in [2.45, 2.75) is 32.9 Å². The Morgan fingerprint density at radius 3 is 2.39 bits per heavy atom. The summed E-state index contributed by atoms with van der Waals surface area (Å²) in [4.78, 5) is 2.28. The monoisotopic (exact) mass is 268 g/mol. The van der Waals surface area contributed by atoms with Gasteiger partial charge in [0, 0.05) is 23.7 Å². The van der Waals surface area contributed by atoms with Crippen molar-refractivity contribution >= 4 is 11.6 Å². The van der Waals surface area contributed by atoms with Gasteiger partial charge in [-0.15, -0.1) is 0 Å². The Morgan fingerprint density at radius 1 is 1.22 bits per heavy atom. The number of hydrogen-bond donors (Lipinski definition) is 1. The van der Waals surface area contributed by atoms with E-state index >= 15 is 0 Å². The normalized spacial score (nSPS) is 15.1. The first-order valence-corrected chi connectivity index (χ1v) is 6.95. The van der Waals surface area contributed by atoms with Crippen LogP contribution < -0.4 is 5.32 Å². The molecule has 0 aliphatic heterocycles. The van der Waals surface area contributed by atoms with Crippen molar-refractivity contribution in [3.05, 3.63) is 34.9 Å². The highest BCUT2D eigenvalue weighted by molar-refractivity contribution is 6.30. The average molecular weight is 269 g/mol. The zero-order valence-electron chi connectivity index (χ0n) is 12.1. The van der Waals surface area contributed by atoms with Gasteiger partial charge in [-0.05, 0) is 44.6 Å². The Kier molecular flexibility index (Phi) is 6.13. The van der Waals surface area contributed by atoms with Gasteiger partial charge >= 0.3 is 0 Å². The summed E-state index contributed by atoms with van der Waals surface area (Å²) in [6, 6.07) is 8.93. The summed E-state index contributed by atoms with van der Waals surface area (Å²) in [7, 11) is 4.27. The lowest BCUT2D eigenvalue weighted by molar-refractivity contribution is 0.220. The van der Waals surface area contributed by atoms with Crippen molar-refractivity contribution in [1.29, 1.82) is 0 Å². The molecule has 0 spiro atoms. The van der Waals surface area contributed by atoms with E-state index in [4.69, 9.17) is 11.6 Å². The molecule has 0 saturated heterocycles. The Balaban J connectivity index is 2.57. The molecule has 18 heavy (non-hydrogen) atoms. The van der Waals surface area contributed by atoms with Gasteiger partial charge in [0.15, 0.2) is 0 Å². The molecule has 102 valence electrons. The van der Waals surface area contributed by atoms with Crippen molar-refractivity contribution in [3.63, 3.8) is 0 Å². The van der Waals surface area contributed by atoms with Crippen LogP contribution in [0.2, 0.25) is 5.02 Å². The molecule has 0 fully saturated rings. The molecule has 1 rings (SSSR count). The van der Waals surface area contributed by atoms with E-state index in [-0.39, 0.29) is 0 Å². The van der Waals surface area contributed by atoms with Crippen LogP contribution in [0.1, 0.15) is 32.4 Å². The molecule has 0 bridgehead atoms. The van der Waals surface area contributed by atoms with Crippen LogP contribution >= 0.6 is 11.6 Å². The first-order chi connectivity index (χ1) is 8.41. The summed E-state index contributed by atoms with van der Waals surface area (Å²) in [6.07, 6.45) is 0. The summed E-state index contributed by atoms with van der Waals surface area (Å²) in [5.74, 6) is 0.638. The van der Waals surface area contributed by atoms with Crippen LogP contribution in [0.15, 0.2) is 24.3 Å². The standard InChI is InChI=1S/C15H25ClN2/c1-11(2)15(18(4)5)10-17-12(3)13-7-6-8-14(16)9-13/h6-9,11-12,15,17H,10H2,1-5H3. The molecule has 0 amide bonds. The highest BCUT2D eigenvalue weighted by Gasteiger charge is 2.16. The van der Waals surface area contributed by atoms with E-state index in [1.54, 1.807) is 0 Å². The summed E-state index contributed by atoms with van der Waals surface area (Å²) < 4.78 is 0. The third-order valence-corrected chi connectivity index (χ3v) is 3.65. The topological polar surface area (TPSA) is 15.3 Å². The van der Waals surface area contributed by atoms with Crippen LogP contribution in [0.25, 0.3) is 0 Å². The number of nitrogens with one attached hydrogen (secondary N) is 1. The van der Waals surface area contributed by atoms with Gasteiger partial charge < -0.3 is 10.2 Å². The van der Waals surface area contributed by atoms with E-state index in [1.165, 1.54) is 5.56 Å². The summed E-state index contributed by atoms with van der Waals surface area (Å²) >= 11 is 6.02. The van der Waals surface area contributed by atoms with Gasteiger partial charge in [0.05, 0.1) is 0 Å². The number of hydrogen-bond acceptors (Lipinski definition) is 2. The molecule has 0 heterocycles. The second kappa shape index (κ2) is 7.13. The molecular formula is C15H25ClN2. The van der Waals surface area contributed by atoms with Gasteiger partial charge in [-0.25, -0.2) is 0 Å². The molecule has 2 unspecified atom stereocenters. The maximum Gasteiger partial charge on any atom is 0.0409 e. The average Bonchev–Trinajstić information content (AvgIpc) is 2.28. The minimum atomic E-state index is 0.324. The third-order valence-electron chi connectivity index (χ3n) is 3.41. The van der Waals surface area contributed by atoms with Gasteiger partial charge in [0.25, 0.3) is 0 Å². The van der Waals surface area contributed by atoms with Crippen LogP contribution in [-0.4, -0.2) is 31.6 Å². The summed E-state index contributed by atoms with van der Waals surface area (Å²) in [6.45, 7) is 7.68. The second-order valence-electron chi connectivity index (χ2n) is 5.46. The predicted molar refractivity (Wildman–Crippen MR) is 80.2 cm³/mol. The quantitative estimate of drug-likeness (QED) is 0.848. The minimum Gasteiger partial charge on any atom is -0.309 e. The molecule has 1 aromatic rings. The fraction of sp³-hybridized carbons (Fsp3) is 0.600. The minimum absolute atomic E-state index is 0.324. The molecule has 0 radical (unpaired) electrons. The molecule has 0 saturated carbocycles. The molecule has 0 aliphatic carbocycles. The molecule has 0 aliphatic rings. The molecule has 1 N–H and O–H groups in total. The lowest BCUT2D eigenvalue weighted by Crippen LogP contribution is -2.42. The molecule has 3 heteroatoms. The number of benzene rings is 1. The van der Waals surface area contributed by atoms with Gasteiger partial charge in [-0.3, -0.25) is 0 Å². The van der Waals surface area contributed by atoms with Crippen molar-refractivity contribution in [2.24, 2.45) is 5.92 Å². The van der Waals surface area contributed by atoms with Gasteiger partial charge in [0.2, 0.25) is 0 Å². The highest BCUT2D eigenvalue weighted by Crippen LogP contribution is 2.18. The van der Waals surface area contributed by atoms with Gasteiger partial charge in [0.1, 0.15) is 0 Å². The molecule has 2 atom stereocenters. The van der Waals surface area contributed by atoms with Crippen LogP contribution in [0.5, 0.6) is 0 Å². The van der Waals surface area contributed by atoms with Gasteiger partial charge in [-0.2, -0.15) is 0 Å².